The molecule has 0 saturated carbocycles. The number of benzene rings is 14. The van der Waals surface area contributed by atoms with Crippen LogP contribution in [0.3, 0.4) is 0 Å². The van der Waals surface area contributed by atoms with E-state index in [1.807, 2.05) is 0 Å². The van der Waals surface area contributed by atoms with Gasteiger partial charge in [-0.1, -0.05) is 218 Å². The molecule has 0 spiro atoms. The lowest BCUT2D eigenvalue weighted by Gasteiger charge is -2.27. The molecule has 14 aromatic carbocycles. The van der Waals surface area contributed by atoms with Crippen molar-refractivity contribution in [2.45, 2.75) is 0 Å². The normalized spacial score (nSPS) is 11.5. The molecule has 0 unspecified atom stereocenters. The van der Waals surface area contributed by atoms with Gasteiger partial charge in [-0.2, -0.15) is 0 Å². The molecule has 0 bridgehead atoms. The monoisotopic (exact) mass is 940 g/mol. The first-order chi connectivity index (χ1) is 36.7. The highest BCUT2D eigenvalue weighted by Crippen LogP contribution is 2.44. The van der Waals surface area contributed by atoms with Gasteiger partial charge in [0.05, 0.1) is 0 Å². The van der Waals surface area contributed by atoms with E-state index in [1.54, 1.807) is 0 Å². The second kappa shape index (κ2) is 18.1. The second-order valence-electron chi connectivity index (χ2n) is 19.2. The van der Waals surface area contributed by atoms with Crippen molar-refractivity contribution in [1.29, 1.82) is 0 Å². The Kier molecular flexibility index (Phi) is 10.6. The van der Waals surface area contributed by atoms with Crippen molar-refractivity contribution in [3.8, 4) is 33.4 Å². The van der Waals surface area contributed by atoms with Gasteiger partial charge in [-0.25, -0.2) is 0 Å². The van der Waals surface area contributed by atoms with Crippen LogP contribution in [-0.2, 0) is 0 Å². The first-order valence-corrected chi connectivity index (χ1v) is 25.5. The molecule has 2 heteroatoms. The average molecular weight is 941 g/mol. The zero-order valence-electron chi connectivity index (χ0n) is 40.6. The fourth-order valence-corrected chi connectivity index (χ4v) is 11.4. The Labute approximate surface area is 430 Å². The van der Waals surface area contributed by atoms with Gasteiger partial charge in [0.15, 0.2) is 0 Å². The average Bonchev–Trinajstić information content (AvgIpc) is 3.51. The third-order valence-corrected chi connectivity index (χ3v) is 15.0. The van der Waals surface area contributed by atoms with Gasteiger partial charge in [0.1, 0.15) is 0 Å². The van der Waals surface area contributed by atoms with Crippen molar-refractivity contribution in [2.24, 2.45) is 0 Å². The third kappa shape index (κ3) is 7.52. The minimum absolute atomic E-state index is 1.09. The molecule has 0 radical (unpaired) electrons. The number of fused-ring (bicyclic) bond motifs is 12. The lowest BCUT2D eigenvalue weighted by atomic mass is 9.94. The maximum Gasteiger partial charge on any atom is 0.0468 e. The van der Waals surface area contributed by atoms with Crippen LogP contribution in [0, 0.1) is 0 Å². The van der Waals surface area contributed by atoms with Crippen molar-refractivity contribution in [3.63, 3.8) is 0 Å². The molecule has 0 aliphatic rings. The summed E-state index contributed by atoms with van der Waals surface area (Å²) in [5, 5.41) is 15.1. The van der Waals surface area contributed by atoms with Crippen LogP contribution < -0.4 is 9.80 Å². The predicted molar refractivity (Wildman–Crippen MR) is 317 cm³/mol. The molecule has 0 aliphatic heterocycles. The summed E-state index contributed by atoms with van der Waals surface area (Å²) in [5.41, 5.74) is 13.7. The summed E-state index contributed by atoms with van der Waals surface area (Å²) in [5.74, 6) is 0. The SMILES string of the molecule is c1ccc(-c2ccc(N(c3ccc(-c4ccc(N(c5ccc(-c6ccccc6)cc5)c5ccc6c7ccccc7c7ccccc7c6c5)cc4)cc3)c3ccc4c5ccccc5c5ccccc5c4c3)cc2)cc1. The molecule has 346 valence electrons. The van der Waals surface area contributed by atoms with Crippen LogP contribution in [0.4, 0.5) is 34.1 Å². The maximum absolute atomic E-state index is 2.39. The minimum atomic E-state index is 1.09. The van der Waals surface area contributed by atoms with Gasteiger partial charge in [0.25, 0.3) is 0 Å². The molecule has 0 aliphatic carbocycles. The Morgan fingerprint density at radius 1 is 0.135 bits per heavy atom. The fraction of sp³-hybridized carbons (Fsp3) is 0. The summed E-state index contributed by atoms with van der Waals surface area (Å²) in [6, 6.07) is 106. The standard InChI is InChI=1S/C72H48N2/c1-3-15-49(16-4-1)51-27-35-55(36-28-51)73(59-43-45-69-65-23-9-7-19-61(65)63-21-11-13-25-67(63)71(69)47-59)57-39-31-53(32-40-57)54-33-41-58(42-34-54)74(56-37-29-52(30-38-56)50-17-5-2-6-18-50)60-44-46-70-66-24-10-8-20-62(66)64-22-12-14-26-68(64)72(70)48-60/h1-48H. The van der Waals surface area contributed by atoms with E-state index in [4.69, 9.17) is 0 Å². The van der Waals surface area contributed by atoms with Crippen molar-refractivity contribution < 1.29 is 0 Å². The summed E-state index contributed by atoms with van der Waals surface area (Å²) in [7, 11) is 0. The lowest BCUT2D eigenvalue weighted by molar-refractivity contribution is 1.28. The van der Waals surface area contributed by atoms with Crippen molar-refractivity contribution in [3.05, 3.63) is 291 Å². The summed E-state index contributed by atoms with van der Waals surface area (Å²) in [6.07, 6.45) is 0. The first-order valence-electron chi connectivity index (χ1n) is 25.5. The Balaban J connectivity index is 0.853. The summed E-state index contributed by atoms with van der Waals surface area (Å²) in [4.78, 5) is 4.78. The second-order valence-corrected chi connectivity index (χ2v) is 19.2. The molecular weight excluding hydrogens is 893 g/mol. The molecule has 14 rings (SSSR count). The van der Waals surface area contributed by atoms with Crippen LogP contribution in [0.15, 0.2) is 291 Å². The molecule has 0 aromatic heterocycles. The molecular formula is C72H48N2. The highest BCUT2D eigenvalue weighted by molar-refractivity contribution is 6.27. The van der Waals surface area contributed by atoms with Crippen LogP contribution in [-0.4, -0.2) is 0 Å². The Hall–Kier alpha value is -9.76. The van der Waals surface area contributed by atoms with E-state index in [1.165, 1.54) is 86.9 Å². The van der Waals surface area contributed by atoms with E-state index < -0.39 is 0 Å². The van der Waals surface area contributed by atoms with Gasteiger partial charge in [-0.05, 0) is 171 Å². The van der Waals surface area contributed by atoms with E-state index in [9.17, 15) is 0 Å². The predicted octanol–water partition coefficient (Wildman–Crippen LogP) is 20.5. The molecule has 0 atom stereocenters. The van der Waals surface area contributed by atoms with Crippen LogP contribution >= 0.6 is 0 Å². The van der Waals surface area contributed by atoms with Gasteiger partial charge < -0.3 is 9.80 Å². The smallest absolute Gasteiger partial charge is 0.0468 e. The fourth-order valence-electron chi connectivity index (χ4n) is 11.4. The van der Waals surface area contributed by atoms with Gasteiger partial charge in [0, 0.05) is 34.1 Å². The summed E-state index contributed by atoms with van der Waals surface area (Å²) in [6.45, 7) is 0. The Morgan fingerprint density at radius 2 is 0.324 bits per heavy atom. The van der Waals surface area contributed by atoms with Crippen molar-refractivity contribution >= 4 is 98.8 Å². The molecule has 2 nitrogen and oxygen atoms in total. The molecule has 14 aromatic rings. The number of anilines is 6. The van der Waals surface area contributed by atoms with E-state index in [2.05, 4.69) is 301 Å². The van der Waals surface area contributed by atoms with Crippen molar-refractivity contribution in [1.82, 2.24) is 0 Å². The first kappa shape index (κ1) is 43.1. The van der Waals surface area contributed by atoms with Crippen LogP contribution in [0.5, 0.6) is 0 Å². The van der Waals surface area contributed by atoms with E-state index in [0.29, 0.717) is 0 Å². The summed E-state index contributed by atoms with van der Waals surface area (Å²) >= 11 is 0. The van der Waals surface area contributed by atoms with E-state index in [-0.39, 0.29) is 0 Å². The zero-order valence-corrected chi connectivity index (χ0v) is 40.6. The van der Waals surface area contributed by atoms with Crippen LogP contribution in [0.2, 0.25) is 0 Å². The molecule has 0 N–H and O–H groups in total. The van der Waals surface area contributed by atoms with Crippen LogP contribution in [0.1, 0.15) is 0 Å². The van der Waals surface area contributed by atoms with Crippen molar-refractivity contribution in [2.75, 3.05) is 9.80 Å². The van der Waals surface area contributed by atoms with Crippen LogP contribution in [0.25, 0.3) is 98.0 Å². The molecule has 0 fully saturated rings. The van der Waals surface area contributed by atoms with Gasteiger partial charge >= 0.3 is 0 Å². The Bertz CT molecular complexity index is 4020. The number of hydrogen-bond acceptors (Lipinski definition) is 2. The summed E-state index contributed by atoms with van der Waals surface area (Å²) < 4.78 is 0. The molecule has 0 saturated heterocycles. The highest BCUT2D eigenvalue weighted by Gasteiger charge is 2.19. The third-order valence-electron chi connectivity index (χ3n) is 15.0. The highest BCUT2D eigenvalue weighted by atomic mass is 15.1. The largest absolute Gasteiger partial charge is 0.310 e. The molecule has 74 heavy (non-hydrogen) atoms. The number of rotatable bonds is 9. The number of nitrogens with zero attached hydrogens (tertiary/aromatic N) is 2. The minimum Gasteiger partial charge on any atom is -0.310 e. The van der Waals surface area contributed by atoms with Gasteiger partial charge in [-0.3, -0.25) is 0 Å². The van der Waals surface area contributed by atoms with E-state index in [0.717, 1.165) is 45.3 Å². The maximum atomic E-state index is 2.39. The van der Waals surface area contributed by atoms with Gasteiger partial charge in [-0.15, -0.1) is 0 Å². The number of hydrogen-bond donors (Lipinski definition) is 0. The molecule has 0 heterocycles. The lowest BCUT2D eigenvalue weighted by Crippen LogP contribution is -2.10. The van der Waals surface area contributed by atoms with E-state index >= 15 is 0 Å². The zero-order chi connectivity index (χ0) is 49.0. The topological polar surface area (TPSA) is 6.48 Å². The van der Waals surface area contributed by atoms with Gasteiger partial charge in [0.2, 0.25) is 0 Å². The Morgan fingerprint density at radius 3 is 0.581 bits per heavy atom. The molecule has 0 amide bonds. The quantitative estimate of drug-likeness (QED) is 0.133.